The van der Waals surface area contributed by atoms with Crippen molar-refractivity contribution in [1.29, 1.82) is 0 Å². The maximum absolute atomic E-state index is 11.5. The summed E-state index contributed by atoms with van der Waals surface area (Å²) in [6.07, 6.45) is 3.98. The van der Waals surface area contributed by atoms with E-state index < -0.39 is 0 Å². The number of halogens is 1. The Morgan fingerprint density at radius 3 is 2.94 bits per heavy atom. The number of nitrogens with zero attached hydrogens (tertiary/aromatic N) is 1. The second-order valence-electron chi connectivity index (χ2n) is 3.69. The molecule has 1 atom stereocenters. The van der Waals surface area contributed by atoms with E-state index >= 15 is 0 Å². The number of hydrogen-bond acceptors (Lipinski definition) is 2. The second-order valence-corrected chi connectivity index (χ2v) is 4.07. The molecule has 0 fully saturated rings. The van der Waals surface area contributed by atoms with E-state index in [4.69, 9.17) is 11.6 Å². The minimum absolute atomic E-state index is 0.0373. The zero-order valence-electron chi connectivity index (χ0n) is 9.45. The molecule has 3 nitrogen and oxygen atoms in total. The standard InChI is InChI=1S/C12H17ClN2O/c1-10(11-6-3-5-9-14-11)15-12(16)7-2-4-8-13/h3,5-6,9-10H,2,4,7-8H2,1H3,(H,15,16)/t10-/m1/s1. The average Bonchev–Trinajstić information content (AvgIpc) is 2.30. The molecule has 1 heterocycles. The number of unbranched alkanes of at least 4 members (excludes halogenated alkanes) is 1. The third-order valence-corrected chi connectivity index (χ3v) is 2.56. The zero-order chi connectivity index (χ0) is 11.8. The van der Waals surface area contributed by atoms with E-state index in [-0.39, 0.29) is 11.9 Å². The first kappa shape index (κ1) is 13.0. The topological polar surface area (TPSA) is 42.0 Å². The average molecular weight is 241 g/mol. The van der Waals surface area contributed by atoms with Crippen LogP contribution in [0.2, 0.25) is 0 Å². The lowest BCUT2D eigenvalue weighted by Crippen LogP contribution is -2.26. The maximum atomic E-state index is 11.5. The normalized spacial score (nSPS) is 12.1. The van der Waals surface area contributed by atoms with Gasteiger partial charge in [0.05, 0.1) is 11.7 Å². The SMILES string of the molecule is C[C@@H](NC(=O)CCCCCl)c1ccccn1. The highest BCUT2D eigenvalue weighted by atomic mass is 35.5. The molecule has 16 heavy (non-hydrogen) atoms. The largest absolute Gasteiger partial charge is 0.348 e. The van der Waals surface area contributed by atoms with Crippen LogP contribution in [0.5, 0.6) is 0 Å². The van der Waals surface area contributed by atoms with E-state index in [1.54, 1.807) is 6.20 Å². The van der Waals surface area contributed by atoms with Crippen molar-refractivity contribution in [3.8, 4) is 0 Å². The van der Waals surface area contributed by atoms with Gasteiger partial charge in [-0.1, -0.05) is 6.07 Å². The molecule has 0 bridgehead atoms. The van der Waals surface area contributed by atoms with Gasteiger partial charge in [-0.3, -0.25) is 9.78 Å². The number of rotatable bonds is 6. The van der Waals surface area contributed by atoms with Crippen LogP contribution in [-0.4, -0.2) is 16.8 Å². The molecule has 0 aliphatic heterocycles. The van der Waals surface area contributed by atoms with Crippen LogP contribution in [0.25, 0.3) is 0 Å². The Hall–Kier alpha value is -1.09. The number of carbonyl (C=O) groups excluding carboxylic acids is 1. The zero-order valence-corrected chi connectivity index (χ0v) is 10.2. The Kier molecular flexibility index (Phi) is 5.86. The molecule has 88 valence electrons. The summed E-state index contributed by atoms with van der Waals surface area (Å²) in [4.78, 5) is 15.7. The van der Waals surface area contributed by atoms with Gasteiger partial charge in [0.2, 0.25) is 5.91 Å². The predicted octanol–water partition coefficient (Wildman–Crippen LogP) is 2.67. The summed E-state index contributed by atoms with van der Waals surface area (Å²) in [6, 6.07) is 5.64. The molecule has 0 saturated heterocycles. The van der Waals surface area contributed by atoms with Crippen LogP contribution in [-0.2, 0) is 4.79 Å². The number of carbonyl (C=O) groups is 1. The Labute approximate surface area is 101 Å². The highest BCUT2D eigenvalue weighted by Crippen LogP contribution is 2.08. The first-order valence-electron chi connectivity index (χ1n) is 5.50. The van der Waals surface area contributed by atoms with Crippen LogP contribution in [0.15, 0.2) is 24.4 Å². The third-order valence-electron chi connectivity index (χ3n) is 2.30. The summed E-state index contributed by atoms with van der Waals surface area (Å²) in [6.45, 7) is 1.93. The highest BCUT2D eigenvalue weighted by Gasteiger charge is 2.09. The molecule has 4 heteroatoms. The third kappa shape index (κ3) is 4.62. The van der Waals surface area contributed by atoms with Crippen molar-refractivity contribution in [2.24, 2.45) is 0 Å². The minimum Gasteiger partial charge on any atom is -0.348 e. The summed E-state index contributed by atoms with van der Waals surface area (Å²) >= 11 is 5.54. The van der Waals surface area contributed by atoms with Crippen molar-refractivity contribution in [3.63, 3.8) is 0 Å². The molecular weight excluding hydrogens is 224 g/mol. The maximum Gasteiger partial charge on any atom is 0.220 e. The van der Waals surface area contributed by atoms with Gasteiger partial charge in [0.15, 0.2) is 0 Å². The number of pyridine rings is 1. The van der Waals surface area contributed by atoms with Crippen LogP contribution < -0.4 is 5.32 Å². The number of hydrogen-bond donors (Lipinski definition) is 1. The smallest absolute Gasteiger partial charge is 0.220 e. The highest BCUT2D eigenvalue weighted by molar-refractivity contribution is 6.17. The van der Waals surface area contributed by atoms with E-state index in [9.17, 15) is 4.79 Å². The van der Waals surface area contributed by atoms with Crippen LogP contribution in [0.3, 0.4) is 0 Å². The van der Waals surface area contributed by atoms with Gasteiger partial charge < -0.3 is 5.32 Å². The second kappa shape index (κ2) is 7.23. The van der Waals surface area contributed by atoms with Crippen molar-refractivity contribution in [2.45, 2.75) is 32.2 Å². The lowest BCUT2D eigenvalue weighted by molar-refractivity contribution is -0.121. The first-order valence-corrected chi connectivity index (χ1v) is 6.03. The van der Waals surface area contributed by atoms with Crippen molar-refractivity contribution in [1.82, 2.24) is 10.3 Å². The fraction of sp³-hybridized carbons (Fsp3) is 0.500. The van der Waals surface area contributed by atoms with E-state index in [0.717, 1.165) is 18.5 Å². The van der Waals surface area contributed by atoms with Crippen molar-refractivity contribution in [2.75, 3.05) is 5.88 Å². The molecule has 0 aliphatic carbocycles. The molecule has 0 unspecified atom stereocenters. The van der Waals surface area contributed by atoms with E-state index in [2.05, 4.69) is 10.3 Å². The minimum atomic E-state index is -0.0373. The van der Waals surface area contributed by atoms with Crippen molar-refractivity contribution >= 4 is 17.5 Å². The molecule has 1 aromatic rings. The van der Waals surface area contributed by atoms with Gasteiger partial charge in [0.25, 0.3) is 0 Å². The number of nitrogens with one attached hydrogen (secondary N) is 1. The van der Waals surface area contributed by atoms with E-state index in [1.807, 2.05) is 25.1 Å². The fourth-order valence-electron chi connectivity index (χ4n) is 1.40. The molecular formula is C12H17ClN2O. The van der Waals surface area contributed by atoms with Crippen LogP contribution in [0.1, 0.15) is 37.9 Å². The summed E-state index contributed by atoms with van der Waals surface area (Å²) in [7, 11) is 0. The predicted molar refractivity (Wildman–Crippen MR) is 65.4 cm³/mol. The quantitative estimate of drug-likeness (QED) is 0.614. The molecule has 0 spiro atoms. The number of aromatic nitrogens is 1. The first-order chi connectivity index (χ1) is 7.74. The lowest BCUT2D eigenvalue weighted by atomic mass is 10.2. The molecule has 0 radical (unpaired) electrons. The van der Waals surface area contributed by atoms with Gasteiger partial charge in [0.1, 0.15) is 0 Å². The Balaban J connectivity index is 2.34. The van der Waals surface area contributed by atoms with Gasteiger partial charge in [-0.15, -0.1) is 11.6 Å². The molecule has 1 amide bonds. The monoisotopic (exact) mass is 240 g/mol. The molecule has 0 aromatic carbocycles. The van der Waals surface area contributed by atoms with E-state index in [1.165, 1.54) is 0 Å². The summed E-state index contributed by atoms with van der Waals surface area (Å²) in [5.74, 6) is 0.673. The lowest BCUT2D eigenvalue weighted by Gasteiger charge is -2.12. The van der Waals surface area contributed by atoms with Crippen molar-refractivity contribution < 1.29 is 4.79 Å². The van der Waals surface area contributed by atoms with Gasteiger partial charge in [-0.05, 0) is 31.9 Å². The van der Waals surface area contributed by atoms with Gasteiger partial charge in [-0.2, -0.15) is 0 Å². The Morgan fingerprint density at radius 2 is 2.31 bits per heavy atom. The molecule has 0 aliphatic rings. The molecule has 1 aromatic heterocycles. The Morgan fingerprint density at radius 1 is 1.50 bits per heavy atom. The molecule has 0 saturated carbocycles. The molecule has 1 N–H and O–H groups in total. The van der Waals surface area contributed by atoms with Crippen LogP contribution in [0, 0.1) is 0 Å². The fourth-order valence-corrected chi connectivity index (χ4v) is 1.59. The summed E-state index contributed by atoms with van der Waals surface area (Å²) in [5, 5.41) is 2.91. The van der Waals surface area contributed by atoms with Crippen LogP contribution in [0.4, 0.5) is 0 Å². The van der Waals surface area contributed by atoms with Crippen molar-refractivity contribution in [3.05, 3.63) is 30.1 Å². The van der Waals surface area contributed by atoms with Gasteiger partial charge in [0, 0.05) is 18.5 Å². The van der Waals surface area contributed by atoms with Crippen LogP contribution >= 0.6 is 11.6 Å². The summed E-state index contributed by atoms with van der Waals surface area (Å²) in [5.41, 5.74) is 0.883. The van der Waals surface area contributed by atoms with Gasteiger partial charge >= 0.3 is 0 Å². The number of alkyl halides is 1. The number of amides is 1. The van der Waals surface area contributed by atoms with Gasteiger partial charge in [-0.25, -0.2) is 0 Å². The molecule has 1 rings (SSSR count). The van der Waals surface area contributed by atoms with E-state index in [0.29, 0.717) is 12.3 Å². The summed E-state index contributed by atoms with van der Waals surface area (Å²) < 4.78 is 0. The Bertz CT molecular complexity index is 316.